The normalized spacial score (nSPS) is 13.2. The first-order chi connectivity index (χ1) is 18.1. The van der Waals surface area contributed by atoms with Crippen LogP contribution in [0.2, 0.25) is 0 Å². The molecule has 0 aliphatic heterocycles. The third-order valence-electron chi connectivity index (χ3n) is 5.65. The van der Waals surface area contributed by atoms with Crippen LogP contribution in [0.15, 0.2) is 131 Å². The summed E-state index contributed by atoms with van der Waals surface area (Å²) in [5, 5.41) is 5.37. The van der Waals surface area contributed by atoms with Crippen LogP contribution >= 0.6 is 23.5 Å². The molecule has 6 heteroatoms. The van der Waals surface area contributed by atoms with E-state index in [1.54, 1.807) is 0 Å². The first-order valence-corrected chi connectivity index (χ1v) is 14.0. The lowest BCUT2D eigenvalue weighted by Gasteiger charge is -2.22. The number of hydrogen-bond donors (Lipinski definition) is 2. The summed E-state index contributed by atoms with van der Waals surface area (Å²) in [7, 11) is 0. The SMILES string of the molecule is C[C@H](CNC(=O)[C@H](Sc1ccccc1)c1ccccc1)NC(=O)[C@H](Sc1ccccc1)c1ccccc1. The second-order valence-electron chi connectivity index (χ2n) is 8.60. The number of thioether (sulfide) groups is 2. The monoisotopic (exact) mass is 526 g/mol. The Morgan fingerprint density at radius 1 is 0.595 bits per heavy atom. The summed E-state index contributed by atoms with van der Waals surface area (Å²) < 4.78 is 0. The third kappa shape index (κ3) is 8.00. The van der Waals surface area contributed by atoms with Crippen LogP contribution in [0.1, 0.15) is 28.6 Å². The molecule has 0 heterocycles. The molecule has 0 aliphatic carbocycles. The Kier molecular flexibility index (Phi) is 9.86. The molecular formula is C31H30N2O2S2. The molecule has 0 aromatic heterocycles. The lowest BCUT2D eigenvalue weighted by molar-refractivity contribution is -0.123. The fraction of sp³-hybridized carbons (Fsp3) is 0.161. The molecule has 4 aromatic carbocycles. The van der Waals surface area contributed by atoms with Crippen LogP contribution in [0.5, 0.6) is 0 Å². The Hall–Kier alpha value is -3.48. The lowest BCUT2D eigenvalue weighted by atomic mass is 10.1. The molecule has 0 radical (unpaired) electrons. The van der Waals surface area contributed by atoms with Crippen molar-refractivity contribution < 1.29 is 9.59 Å². The van der Waals surface area contributed by atoms with Crippen LogP contribution in [0.4, 0.5) is 0 Å². The first kappa shape index (κ1) is 26.6. The van der Waals surface area contributed by atoms with E-state index in [1.165, 1.54) is 23.5 Å². The highest BCUT2D eigenvalue weighted by Gasteiger charge is 2.25. The van der Waals surface area contributed by atoms with E-state index in [9.17, 15) is 9.59 Å². The second kappa shape index (κ2) is 13.7. The second-order valence-corrected chi connectivity index (χ2v) is 11.0. The zero-order chi connectivity index (χ0) is 25.9. The van der Waals surface area contributed by atoms with Gasteiger partial charge in [0, 0.05) is 22.4 Å². The van der Waals surface area contributed by atoms with Crippen molar-refractivity contribution in [2.45, 2.75) is 33.3 Å². The van der Waals surface area contributed by atoms with Gasteiger partial charge in [0.15, 0.2) is 0 Å². The van der Waals surface area contributed by atoms with Gasteiger partial charge in [-0.1, -0.05) is 97.1 Å². The Morgan fingerprint density at radius 2 is 0.973 bits per heavy atom. The van der Waals surface area contributed by atoms with Crippen molar-refractivity contribution in [2.75, 3.05) is 6.54 Å². The number of carbonyl (C=O) groups is 2. The molecule has 2 amide bonds. The molecular weight excluding hydrogens is 496 g/mol. The lowest BCUT2D eigenvalue weighted by Crippen LogP contribution is -2.44. The molecule has 37 heavy (non-hydrogen) atoms. The maximum absolute atomic E-state index is 13.4. The molecule has 2 N–H and O–H groups in total. The minimum atomic E-state index is -0.396. The van der Waals surface area contributed by atoms with Gasteiger partial charge >= 0.3 is 0 Å². The molecule has 0 saturated carbocycles. The van der Waals surface area contributed by atoms with Crippen molar-refractivity contribution in [2.24, 2.45) is 0 Å². The van der Waals surface area contributed by atoms with Crippen molar-refractivity contribution in [1.82, 2.24) is 10.6 Å². The van der Waals surface area contributed by atoms with Crippen LogP contribution in [-0.2, 0) is 9.59 Å². The highest BCUT2D eigenvalue weighted by atomic mass is 32.2. The summed E-state index contributed by atoms with van der Waals surface area (Å²) in [4.78, 5) is 28.7. The van der Waals surface area contributed by atoms with E-state index >= 15 is 0 Å². The number of rotatable bonds is 11. The van der Waals surface area contributed by atoms with Crippen molar-refractivity contribution in [3.63, 3.8) is 0 Å². The van der Waals surface area contributed by atoms with E-state index in [-0.39, 0.29) is 17.9 Å². The van der Waals surface area contributed by atoms with Crippen molar-refractivity contribution >= 4 is 35.3 Å². The predicted molar refractivity (Wildman–Crippen MR) is 154 cm³/mol. The zero-order valence-corrected chi connectivity index (χ0v) is 22.3. The summed E-state index contributed by atoms with van der Waals surface area (Å²) >= 11 is 3.03. The van der Waals surface area contributed by atoms with Crippen LogP contribution in [0.25, 0.3) is 0 Å². The molecule has 4 aromatic rings. The van der Waals surface area contributed by atoms with Gasteiger partial charge in [-0.3, -0.25) is 9.59 Å². The van der Waals surface area contributed by atoms with Crippen molar-refractivity contribution in [1.29, 1.82) is 0 Å². The fourth-order valence-electron chi connectivity index (χ4n) is 3.79. The third-order valence-corrected chi connectivity index (χ3v) is 8.18. The fourth-order valence-corrected chi connectivity index (χ4v) is 5.91. The van der Waals surface area contributed by atoms with Crippen LogP contribution in [0, 0.1) is 0 Å². The summed E-state index contributed by atoms with van der Waals surface area (Å²) in [6.45, 7) is 2.25. The number of benzene rings is 4. The molecule has 4 rings (SSSR count). The average molecular weight is 527 g/mol. The van der Waals surface area contributed by atoms with Gasteiger partial charge in [-0.2, -0.15) is 0 Å². The van der Waals surface area contributed by atoms with Gasteiger partial charge in [0.2, 0.25) is 11.8 Å². The minimum absolute atomic E-state index is 0.0833. The van der Waals surface area contributed by atoms with E-state index < -0.39 is 10.5 Å². The standard InChI is InChI=1S/C31H30N2O2S2/c1-23(33-31(35)29(25-16-8-3-9-17-25)37-27-20-12-5-13-21-27)22-32-30(34)28(24-14-6-2-7-15-24)36-26-18-10-4-11-19-26/h2-21,23,28-29H,22H2,1H3,(H,32,34)(H,33,35)/t23-,28-,29-/m1/s1. The average Bonchev–Trinajstić information content (AvgIpc) is 2.95. The van der Waals surface area contributed by atoms with Crippen molar-refractivity contribution in [3.8, 4) is 0 Å². The van der Waals surface area contributed by atoms with E-state index in [4.69, 9.17) is 0 Å². The van der Waals surface area contributed by atoms with Gasteiger partial charge < -0.3 is 10.6 Å². The molecule has 4 nitrogen and oxygen atoms in total. The van der Waals surface area contributed by atoms with E-state index in [2.05, 4.69) is 10.6 Å². The summed E-state index contributed by atoms with van der Waals surface area (Å²) in [5.41, 5.74) is 1.88. The van der Waals surface area contributed by atoms with E-state index in [0.29, 0.717) is 6.54 Å². The molecule has 0 fully saturated rings. The van der Waals surface area contributed by atoms with Gasteiger partial charge in [-0.25, -0.2) is 0 Å². The number of nitrogens with one attached hydrogen (secondary N) is 2. The molecule has 0 spiro atoms. The molecule has 0 unspecified atom stereocenters. The summed E-state index contributed by atoms with van der Waals surface area (Å²) in [6, 6.07) is 39.1. The summed E-state index contributed by atoms with van der Waals surface area (Å²) in [5.74, 6) is -0.167. The Labute approximate surface area is 227 Å². The van der Waals surface area contributed by atoms with Crippen molar-refractivity contribution in [3.05, 3.63) is 132 Å². The first-order valence-electron chi connectivity index (χ1n) is 12.2. The topological polar surface area (TPSA) is 58.2 Å². The number of amides is 2. The molecule has 188 valence electrons. The Balaban J connectivity index is 1.40. The number of hydrogen-bond acceptors (Lipinski definition) is 4. The quantitative estimate of drug-likeness (QED) is 0.214. The highest BCUT2D eigenvalue weighted by Crippen LogP contribution is 2.36. The smallest absolute Gasteiger partial charge is 0.238 e. The molecule has 0 saturated heterocycles. The Morgan fingerprint density at radius 3 is 1.41 bits per heavy atom. The molecule has 3 atom stereocenters. The maximum atomic E-state index is 13.4. The van der Waals surface area contributed by atoms with E-state index in [0.717, 1.165) is 20.9 Å². The maximum Gasteiger partial charge on any atom is 0.238 e. The van der Waals surface area contributed by atoms with Gasteiger partial charge in [-0.05, 0) is 42.3 Å². The summed E-state index contributed by atoms with van der Waals surface area (Å²) in [6.07, 6.45) is 0. The zero-order valence-electron chi connectivity index (χ0n) is 20.6. The van der Waals surface area contributed by atoms with E-state index in [1.807, 2.05) is 128 Å². The van der Waals surface area contributed by atoms with Gasteiger partial charge in [0.1, 0.15) is 10.5 Å². The van der Waals surface area contributed by atoms with Gasteiger partial charge in [0.05, 0.1) is 0 Å². The van der Waals surface area contributed by atoms with Gasteiger partial charge in [0.25, 0.3) is 0 Å². The minimum Gasteiger partial charge on any atom is -0.353 e. The van der Waals surface area contributed by atoms with Crippen LogP contribution in [-0.4, -0.2) is 24.4 Å². The Bertz CT molecular complexity index is 1260. The van der Waals surface area contributed by atoms with Crippen LogP contribution in [0.3, 0.4) is 0 Å². The highest BCUT2D eigenvalue weighted by molar-refractivity contribution is 8.00. The van der Waals surface area contributed by atoms with Crippen LogP contribution < -0.4 is 10.6 Å². The molecule has 0 aliphatic rings. The predicted octanol–water partition coefficient (Wildman–Crippen LogP) is 6.67. The molecule has 0 bridgehead atoms. The van der Waals surface area contributed by atoms with Gasteiger partial charge in [-0.15, -0.1) is 23.5 Å². The number of carbonyl (C=O) groups excluding carboxylic acids is 2. The largest absolute Gasteiger partial charge is 0.353 e.